The maximum atomic E-state index is 5.49. The minimum Gasteiger partial charge on any atom is -0.497 e. The Bertz CT molecular complexity index is 603. The normalized spacial score (nSPS) is 18.5. The summed E-state index contributed by atoms with van der Waals surface area (Å²) in [5.41, 5.74) is 2.12. The molecule has 1 saturated heterocycles. The molecule has 0 amide bonds. The molecule has 1 fully saturated rings. The first-order valence-corrected chi connectivity index (χ1v) is 7.31. The summed E-state index contributed by atoms with van der Waals surface area (Å²) in [6.45, 7) is 1.06. The van der Waals surface area contributed by atoms with E-state index in [1.54, 1.807) is 14.2 Å². The van der Waals surface area contributed by atoms with Crippen LogP contribution in [-0.4, -0.2) is 30.3 Å². The summed E-state index contributed by atoms with van der Waals surface area (Å²) in [6.07, 6.45) is 7.40. The van der Waals surface area contributed by atoms with Crippen molar-refractivity contribution < 1.29 is 9.47 Å². The Kier molecular flexibility index (Phi) is 4.10. The number of rotatable bonds is 4. The predicted molar refractivity (Wildman–Crippen MR) is 81.3 cm³/mol. The molecule has 5 heteroatoms. The monoisotopic (exact) mass is 287 g/mol. The van der Waals surface area contributed by atoms with Crippen LogP contribution < -0.4 is 14.8 Å². The van der Waals surface area contributed by atoms with Gasteiger partial charge < -0.3 is 14.8 Å². The lowest BCUT2D eigenvalue weighted by Crippen LogP contribution is -2.28. The van der Waals surface area contributed by atoms with Gasteiger partial charge in [0.15, 0.2) is 0 Å². The molecule has 0 radical (unpaired) electrons. The van der Waals surface area contributed by atoms with Crippen molar-refractivity contribution in [3.63, 3.8) is 0 Å². The third-order valence-electron chi connectivity index (χ3n) is 3.98. The van der Waals surface area contributed by atoms with Gasteiger partial charge >= 0.3 is 0 Å². The quantitative estimate of drug-likeness (QED) is 0.939. The van der Waals surface area contributed by atoms with Crippen molar-refractivity contribution in [1.29, 1.82) is 0 Å². The summed E-state index contributed by atoms with van der Waals surface area (Å²) in [6, 6.07) is 6.15. The molecule has 3 rings (SSSR count). The topological polar surface area (TPSA) is 48.3 Å². The highest BCUT2D eigenvalue weighted by Gasteiger charge is 2.20. The third kappa shape index (κ3) is 2.74. The fourth-order valence-electron chi connectivity index (χ4n) is 2.85. The number of nitrogens with one attached hydrogen (secondary N) is 1. The highest BCUT2D eigenvalue weighted by Crippen LogP contribution is 2.31. The first-order valence-electron chi connectivity index (χ1n) is 7.31. The lowest BCUT2D eigenvalue weighted by atomic mass is 10.0. The van der Waals surface area contributed by atoms with Gasteiger partial charge in [-0.05, 0) is 31.5 Å². The Hall–Kier alpha value is -2.01. The first kappa shape index (κ1) is 13.9. The minimum absolute atomic E-state index is 0.345. The second-order valence-electron chi connectivity index (χ2n) is 5.23. The molecule has 1 N–H and O–H groups in total. The average Bonchev–Trinajstić information content (AvgIpc) is 3.04. The Labute approximate surface area is 124 Å². The summed E-state index contributed by atoms with van der Waals surface area (Å²) in [7, 11) is 3.35. The molecule has 1 unspecified atom stereocenters. The van der Waals surface area contributed by atoms with E-state index >= 15 is 0 Å². The van der Waals surface area contributed by atoms with Gasteiger partial charge in [0.1, 0.15) is 11.5 Å². The zero-order chi connectivity index (χ0) is 14.7. The van der Waals surface area contributed by atoms with E-state index in [1.807, 2.05) is 30.7 Å². The van der Waals surface area contributed by atoms with E-state index in [2.05, 4.69) is 14.9 Å². The second kappa shape index (κ2) is 6.18. The predicted octanol–water partition coefficient (Wildman–Crippen LogP) is 2.70. The van der Waals surface area contributed by atoms with Gasteiger partial charge in [0, 0.05) is 12.1 Å². The molecule has 1 aliphatic rings. The van der Waals surface area contributed by atoms with Crippen LogP contribution in [0.15, 0.2) is 30.7 Å². The maximum absolute atomic E-state index is 5.49. The lowest BCUT2D eigenvalue weighted by Gasteiger charge is -2.25. The molecule has 1 aliphatic heterocycles. The highest BCUT2D eigenvalue weighted by atomic mass is 16.5. The Morgan fingerprint density at radius 2 is 2.14 bits per heavy atom. The van der Waals surface area contributed by atoms with Gasteiger partial charge in [-0.1, -0.05) is 6.42 Å². The molecular formula is C16H21N3O2. The molecule has 2 aromatic rings. The summed E-state index contributed by atoms with van der Waals surface area (Å²) in [5, 5.41) is 3.56. The van der Waals surface area contributed by atoms with E-state index in [1.165, 1.54) is 18.5 Å². The van der Waals surface area contributed by atoms with Crippen molar-refractivity contribution in [3.05, 3.63) is 36.4 Å². The SMILES string of the molecule is COc1ccc(OC)c(-n2cncc2C2CCCCN2)c1. The summed E-state index contributed by atoms with van der Waals surface area (Å²) in [4.78, 5) is 4.33. The molecular weight excluding hydrogens is 266 g/mol. The van der Waals surface area contributed by atoms with Crippen LogP contribution >= 0.6 is 0 Å². The van der Waals surface area contributed by atoms with Crippen molar-refractivity contribution in [1.82, 2.24) is 14.9 Å². The molecule has 112 valence electrons. The van der Waals surface area contributed by atoms with E-state index < -0.39 is 0 Å². The lowest BCUT2D eigenvalue weighted by molar-refractivity contribution is 0.392. The zero-order valence-electron chi connectivity index (χ0n) is 12.5. The Morgan fingerprint density at radius 3 is 2.86 bits per heavy atom. The number of methoxy groups -OCH3 is 2. The van der Waals surface area contributed by atoms with Crippen LogP contribution in [0.25, 0.3) is 5.69 Å². The van der Waals surface area contributed by atoms with Gasteiger partial charge in [0.25, 0.3) is 0 Å². The standard InChI is InChI=1S/C16H21N3O2/c1-20-12-6-7-16(21-2)14(9-12)19-11-17-10-15(19)13-5-3-4-8-18-13/h6-7,9-11,13,18H,3-5,8H2,1-2H3. The van der Waals surface area contributed by atoms with Crippen molar-refractivity contribution in [2.45, 2.75) is 25.3 Å². The molecule has 0 aliphatic carbocycles. The molecule has 1 atom stereocenters. The van der Waals surface area contributed by atoms with Crippen molar-refractivity contribution in [2.24, 2.45) is 0 Å². The largest absolute Gasteiger partial charge is 0.497 e. The fraction of sp³-hybridized carbons (Fsp3) is 0.438. The molecule has 2 heterocycles. The zero-order valence-corrected chi connectivity index (χ0v) is 12.5. The first-order chi connectivity index (χ1) is 10.3. The highest BCUT2D eigenvalue weighted by molar-refractivity contribution is 5.52. The fourth-order valence-corrected chi connectivity index (χ4v) is 2.85. The van der Waals surface area contributed by atoms with Crippen LogP contribution in [0.2, 0.25) is 0 Å². The van der Waals surface area contributed by atoms with Crippen LogP contribution in [0.5, 0.6) is 11.5 Å². The minimum atomic E-state index is 0.345. The van der Waals surface area contributed by atoms with Gasteiger partial charge in [0.2, 0.25) is 0 Å². The molecule has 5 nitrogen and oxygen atoms in total. The van der Waals surface area contributed by atoms with Gasteiger partial charge in [-0.3, -0.25) is 4.57 Å². The van der Waals surface area contributed by atoms with Crippen LogP contribution in [0.4, 0.5) is 0 Å². The van der Waals surface area contributed by atoms with E-state index in [9.17, 15) is 0 Å². The summed E-state index contributed by atoms with van der Waals surface area (Å²) in [5.74, 6) is 1.62. The molecule has 0 saturated carbocycles. The van der Waals surface area contributed by atoms with Crippen molar-refractivity contribution in [2.75, 3.05) is 20.8 Å². The van der Waals surface area contributed by atoms with Crippen LogP contribution in [0, 0.1) is 0 Å². The number of aromatic nitrogens is 2. The van der Waals surface area contributed by atoms with Gasteiger partial charge in [-0.2, -0.15) is 0 Å². The summed E-state index contributed by atoms with van der Waals surface area (Å²) < 4.78 is 12.9. The second-order valence-corrected chi connectivity index (χ2v) is 5.23. The van der Waals surface area contributed by atoms with Gasteiger partial charge in [-0.25, -0.2) is 4.98 Å². The molecule has 0 bridgehead atoms. The number of piperidine rings is 1. The van der Waals surface area contributed by atoms with Gasteiger partial charge in [0.05, 0.1) is 38.1 Å². The smallest absolute Gasteiger partial charge is 0.143 e. The molecule has 1 aromatic carbocycles. The number of ether oxygens (including phenoxy) is 2. The number of hydrogen-bond donors (Lipinski definition) is 1. The van der Waals surface area contributed by atoms with Crippen LogP contribution in [-0.2, 0) is 0 Å². The van der Waals surface area contributed by atoms with Gasteiger partial charge in [-0.15, -0.1) is 0 Å². The number of benzene rings is 1. The third-order valence-corrected chi connectivity index (χ3v) is 3.98. The summed E-state index contributed by atoms with van der Waals surface area (Å²) >= 11 is 0. The van der Waals surface area contributed by atoms with Crippen LogP contribution in [0.3, 0.4) is 0 Å². The average molecular weight is 287 g/mol. The van der Waals surface area contributed by atoms with Crippen LogP contribution in [0.1, 0.15) is 31.0 Å². The molecule has 0 spiro atoms. The van der Waals surface area contributed by atoms with E-state index in [0.717, 1.165) is 30.2 Å². The number of imidazole rings is 1. The van der Waals surface area contributed by atoms with E-state index in [4.69, 9.17) is 9.47 Å². The number of hydrogen-bond acceptors (Lipinski definition) is 4. The molecule has 1 aromatic heterocycles. The maximum Gasteiger partial charge on any atom is 0.143 e. The molecule has 21 heavy (non-hydrogen) atoms. The Morgan fingerprint density at radius 1 is 1.24 bits per heavy atom. The number of nitrogens with zero attached hydrogens (tertiary/aromatic N) is 2. The van der Waals surface area contributed by atoms with Crippen molar-refractivity contribution in [3.8, 4) is 17.2 Å². The van der Waals surface area contributed by atoms with E-state index in [-0.39, 0.29) is 0 Å². The van der Waals surface area contributed by atoms with E-state index in [0.29, 0.717) is 6.04 Å². The van der Waals surface area contributed by atoms with Crippen molar-refractivity contribution >= 4 is 0 Å². The Balaban J connectivity index is 2.02.